The molecule has 0 fully saturated rings. The van der Waals surface area contributed by atoms with Crippen LogP contribution in [0.4, 0.5) is 5.69 Å². The zero-order valence-corrected chi connectivity index (χ0v) is 20.4. The number of carbonyl (C=O) groups is 1. The minimum atomic E-state index is -3.96. The maximum absolute atomic E-state index is 13.4. The number of hydrazone groups is 1. The van der Waals surface area contributed by atoms with E-state index in [0.717, 1.165) is 25.5 Å². The number of nitrogens with one attached hydrogen (secondary N) is 1. The number of sulfonamides is 1. The van der Waals surface area contributed by atoms with Crippen LogP contribution < -0.4 is 9.73 Å². The van der Waals surface area contributed by atoms with Crippen LogP contribution in [0, 0.1) is 13.8 Å². The standard InChI is InChI=1S/C24H24BrN3O3S/c1-17-12-13-23(18(2)14-17)28(32(30,31)22-10-5-4-6-11-22)16-24(29)27-26-19(3)20-8-7-9-21(25)15-20/h4-15H,16H2,1-3H3,(H,27,29)/b26-19-. The van der Waals surface area contributed by atoms with Crippen LogP contribution in [0.15, 0.2) is 87.3 Å². The Balaban J connectivity index is 1.90. The number of nitrogens with zero attached hydrogens (tertiary/aromatic N) is 2. The molecular weight excluding hydrogens is 490 g/mol. The van der Waals surface area contributed by atoms with Gasteiger partial charge in [-0.3, -0.25) is 9.10 Å². The van der Waals surface area contributed by atoms with Gasteiger partial charge in [-0.25, -0.2) is 13.8 Å². The zero-order valence-electron chi connectivity index (χ0n) is 18.0. The molecule has 0 unspecified atom stereocenters. The summed E-state index contributed by atoms with van der Waals surface area (Å²) >= 11 is 3.41. The molecule has 32 heavy (non-hydrogen) atoms. The van der Waals surface area contributed by atoms with Crippen LogP contribution in [-0.4, -0.2) is 26.6 Å². The molecule has 0 spiro atoms. The first-order chi connectivity index (χ1) is 15.2. The highest BCUT2D eigenvalue weighted by molar-refractivity contribution is 9.10. The Labute approximate surface area is 197 Å². The van der Waals surface area contributed by atoms with Crippen LogP contribution >= 0.6 is 15.9 Å². The van der Waals surface area contributed by atoms with E-state index in [-0.39, 0.29) is 4.90 Å². The highest BCUT2D eigenvalue weighted by atomic mass is 79.9. The summed E-state index contributed by atoms with van der Waals surface area (Å²) in [4.78, 5) is 12.9. The molecule has 0 heterocycles. The predicted octanol–water partition coefficient (Wildman–Crippen LogP) is 4.80. The highest BCUT2D eigenvalue weighted by Crippen LogP contribution is 2.27. The molecule has 0 aliphatic rings. The van der Waals surface area contributed by atoms with E-state index in [0.29, 0.717) is 11.4 Å². The molecule has 0 aliphatic carbocycles. The summed E-state index contributed by atoms with van der Waals surface area (Å²) in [6, 6.07) is 21.0. The molecule has 0 bridgehead atoms. The second kappa shape index (κ2) is 10.1. The maximum Gasteiger partial charge on any atom is 0.264 e. The molecule has 1 amide bonds. The van der Waals surface area contributed by atoms with Crippen molar-refractivity contribution >= 4 is 43.3 Å². The second-order valence-corrected chi connectivity index (χ2v) is 10.1. The molecule has 3 aromatic rings. The normalized spacial score (nSPS) is 11.8. The van der Waals surface area contributed by atoms with E-state index >= 15 is 0 Å². The molecule has 6 nitrogen and oxygen atoms in total. The van der Waals surface area contributed by atoms with E-state index in [4.69, 9.17) is 0 Å². The Bertz CT molecular complexity index is 1260. The van der Waals surface area contributed by atoms with E-state index in [1.54, 1.807) is 31.2 Å². The number of rotatable bonds is 7. The van der Waals surface area contributed by atoms with Crippen molar-refractivity contribution in [1.82, 2.24) is 5.43 Å². The van der Waals surface area contributed by atoms with Gasteiger partial charge in [0.05, 0.1) is 16.3 Å². The number of hydrogen-bond acceptors (Lipinski definition) is 4. The van der Waals surface area contributed by atoms with E-state index in [1.165, 1.54) is 12.1 Å². The Kier molecular flexibility index (Phi) is 7.48. The molecule has 0 saturated carbocycles. The molecule has 0 radical (unpaired) electrons. The molecule has 166 valence electrons. The fraction of sp³-hybridized carbons (Fsp3) is 0.167. The first kappa shape index (κ1) is 23.7. The van der Waals surface area contributed by atoms with Gasteiger partial charge in [-0.2, -0.15) is 5.10 Å². The summed E-state index contributed by atoms with van der Waals surface area (Å²) in [6.07, 6.45) is 0. The number of aryl methyl sites for hydroxylation is 2. The fourth-order valence-corrected chi connectivity index (χ4v) is 5.10. The Morgan fingerprint density at radius 1 is 1.00 bits per heavy atom. The summed E-state index contributed by atoms with van der Waals surface area (Å²) in [7, 11) is -3.96. The minimum absolute atomic E-state index is 0.113. The predicted molar refractivity (Wildman–Crippen MR) is 131 cm³/mol. The van der Waals surface area contributed by atoms with Crippen molar-refractivity contribution in [3.63, 3.8) is 0 Å². The third-order valence-electron chi connectivity index (χ3n) is 4.83. The van der Waals surface area contributed by atoms with Gasteiger partial charge >= 0.3 is 0 Å². The van der Waals surface area contributed by atoms with Crippen molar-refractivity contribution < 1.29 is 13.2 Å². The summed E-state index contributed by atoms with van der Waals surface area (Å²) < 4.78 is 28.8. The van der Waals surface area contributed by atoms with Crippen LogP contribution in [0.2, 0.25) is 0 Å². The van der Waals surface area contributed by atoms with Crippen LogP contribution in [0.5, 0.6) is 0 Å². The quantitative estimate of drug-likeness (QED) is 0.364. The summed E-state index contributed by atoms with van der Waals surface area (Å²) in [5.74, 6) is -0.543. The van der Waals surface area contributed by atoms with E-state index in [1.807, 2.05) is 50.2 Å². The monoisotopic (exact) mass is 513 g/mol. The minimum Gasteiger partial charge on any atom is -0.271 e. The number of benzene rings is 3. The maximum atomic E-state index is 13.4. The van der Waals surface area contributed by atoms with Crippen LogP contribution in [-0.2, 0) is 14.8 Å². The molecule has 3 aromatic carbocycles. The number of hydrogen-bond donors (Lipinski definition) is 1. The van der Waals surface area contributed by atoms with Crippen LogP contribution in [0.3, 0.4) is 0 Å². The number of halogens is 1. The lowest BCUT2D eigenvalue weighted by atomic mass is 10.1. The van der Waals surface area contributed by atoms with Gasteiger partial charge in [0.25, 0.3) is 15.9 Å². The van der Waals surface area contributed by atoms with Crippen molar-refractivity contribution in [2.45, 2.75) is 25.7 Å². The van der Waals surface area contributed by atoms with Crippen molar-refractivity contribution in [2.75, 3.05) is 10.8 Å². The highest BCUT2D eigenvalue weighted by Gasteiger charge is 2.28. The van der Waals surface area contributed by atoms with Crippen molar-refractivity contribution in [3.8, 4) is 0 Å². The van der Waals surface area contributed by atoms with Gasteiger partial charge in [0.15, 0.2) is 0 Å². The van der Waals surface area contributed by atoms with Crippen LogP contribution in [0.1, 0.15) is 23.6 Å². The zero-order chi connectivity index (χ0) is 23.3. The van der Waals surface area contributed by atoms with Gasteiger partial charge in [0, 0.05) is 4.47 Å². The summed E-state index contributed by atoms with van der Waals surface area (Å²) in [6.45, 7) is 5.11. The third-order valence-corrected chi connectivity index (χ3v) is 7.10. The van der Waals surface area contributed by atoms with Crippen molar-refractivity contribution in [2.24, 2.45) is 5.10 Å². The molecule has 0 aliphatic heterocycles. The molecule has 3 rings (SSSR count). The SMILES string of the molecule is C/C(=N/NC(=O)CN(c1ccc(C)cc1C)S(=O)(=O)c1ccccc1)c1cccc(Br)c1. The second-order valence-electron chi connectivity index (χ2n) is 7.36. The summed E-state index contributed by atoms with van der Waals surface area (Å²) in [5, 5.41) is 4.15. The lowest BCUT2D eigenvalue weighted by molar-refractivity contribution is -0.119. The number of carbonyl (C=O) groups excluding carboxylic acids is 1. The van der Waals surface area contributed by atoms with Gasteiger partial charge in [0.1, 0.15) is 6.54 Å². The van der Waals surface area contributed by atoms with E-state index < -0.39 is 22.5 Å². The first-order valence-corrected chi connectivity index (χ1v) is 12.2. The molecule has 1 N–H and O–H groups in total. The molecule has 8 heteroatoms. The van der Waals surface area contributed by atoms with Gasteiger partial charge in [0.2, 0.25) is 0 Å². The molecular formula is C24H24BrN3O3S. The Hall–Kier alpha value is -2.97. The number of amides is 1. The smallest absolute Gasteiger partial charge is 0.264 e. The van der Waals surface area contributed by atoms with Gasteiger partial charge in [-0.1, -0.05) is 64.0 Å². The molecule has 0 aromatic heterocycles. The Morgan fingerprint density at radius 3 is 2.38 bits per heavy atom. The topological polar surface area (TPSA) is 78.8 Å². The van der Waals surface area contributed by atoms with Crippen molar-refractivity contribution in [3.05, 3.63) is 94.0 Å². The lowest BCUT2D eigenvalue weighted by Gasteiger charge is -2.25. The summed E-state index contributed by atoms with van der Waals surface area (Å²) in [5.41, 5.74) is 6.12. The van der Waals surface area contributed by atoms with Crippen molar-refractivity contribution in [1.29, 1.82) is 0 Å². The molecule has 0 saturated heterocycles. The van der Waals surface area contributed by atoms with E-state index in [9.17, 15) is 13.2 Å². The fourth-order valence-electron chi connectivity index (χ4n) is 3.19. The average molecular weight is 514 g/mol. The van der Waals surface area contributed by atoms with Gasteiger partial charge < -0.3 is 0 Å². The van der Waals surface area contributed by atoms with Crippen LogP contribution in [0.25, 0.3) is 0 Å². The molecule has 0 atom stereocenters. The number of anilines is 1. The third kappa shape index (κ3) is 5.63. The van der Waals surface area contributed by atoms with E-state index in [2.05, 4.69) is 26.5 Å². The van der Waals surface area contributed by atoms with Gasteiger partial charge in [-0.15, -0.1) is 0 Å². The van der Waals surface area contributed by atoms with Gasteiger partial charge in [-0.05, 0) is 62.2 Å². The first-order valence-electron chi connectivity index (χ1n) is 9.92. The lowest BCUT2D eigenvalue weighted by Crippen LogP contribution is -2.40. The largest absolute Gasteiger partial charge is 0.271 e. The Morgan fingerprint density at radius 2 is 1.72 bits per heavy atom. The average Bonchev–Trinajstić information content (AvgIpc) is 2.77.